The second-order valence-electron chi connectivity index (χ2n) is 5.46. The van der Waals surface area contributed by atoms with Crippen LogP contribution >= 0.6 is 0 Å². The molecule has 1 aromatic rings. The van der Waals surface area contributed by atoms with Crippen molar-refractivity contribution in [2.75, 3.05) is 37.6 Å². The van der Waals surface area contributed by atoms with Gasteiger partial charge in [0.25, 0.3) is 5.91 Å². The number of carbonyl (C=O) groups excluding carboxylic acids is 1. The maximum atomic E-state index is 12.7. The Bertz CT molecular complexity index is 567. The van der Waals surface area contributed by atoms with Crippen LogP contribution < -0.4 is 10.6 Å². The number of carbonyl (C=O) groups is 1. The van der Waals surface area contributed by atoms with E-state index in [2.05, 4.69) is 4.90 Å². The van der Waals surface area contributed by atoms with Crippen molar-refractivity contribution in [3.8, 4) is 0 Å². The van der Waals surface area contributed by atoms with Crippen molar-refractivity contribution in [2.24, 2.45) is 5.73 Å². The van der Waals surface area contributed by atoms with Gasteiger partial charge in [-0.15, -0.1) is 0 Å². The van der Waals surface area contributed by atoms with Crippen LogP contribution in [0.25, 0.3) is 0 Å². The summed E-state index contributed by atoms with van der Waals surface area (Å²) in [4.78, 5) is 16.3. The number of nitrogens with zero attached hydrogens (tertiary/aromatic N) is 2. The predicted octanol–water partition coefficient (Wildman–Crippen LogP) is 2.34. The summed E-state index contributed by atoms with van der Waals surface area (Å²) in [6.45, 7) is 6.93. The maximum absolute atomic E-state index is 12.7. The van der Waals surface area contributed by atoms with E-state index in [-0.39, 0.29) is 12.5 Å². The minimum Gasteiger partial charge on any atom is -0.367 e. The first-order chi connectivity index (χ1) is 10.6. The molecule has 0 aromatic heterocycles. The van der Waals surface area contributed by atoms with E-state index in [0.717, 1.165) is 29.8 Å². The lowest BCUT2D eigenvalue weighted by molar-refractivity contribution is 0.0773. The monoisotopic (exact) mass is 305 g/mol. The molecule has 0 spiro atoms. The van der Waals surface area contributed by atoms with E-state index in [1.807, 2.05) is 36.9 Å². The lowest BCUT2D eigenvalue weighted by Crippen LogP contribution is -2.30. The van der Waals surface area contributed by atoms with Gasteiger partial charge in [-0.05, 0) is 49.6 Å². The highest BCUT2D eigenvalue weighted by atomic mass is 19.1. The standard InChI is InChI=1S/C17H24FN3O/c1-3-20(4-2)17(22)15-5-6-16-14(9-15)7-8-21(16)12-13(10-18)11-19/h5-6,9-10H,3-4,7-8,11-12,19H2,1-2H3. The Balaban J connectivity index is 2.18. The van der Waals surface area contributed by atoms with Gasteiger partial charge in [-0.2, -0.15) is 0 Å². The van der Waals surface area contributed by atoms with E-state index < -0.39 is 0 Å². The normalized spacial score (nSPS) is 14.2. The molecular formula is C17H24FN3O. The van der Waals surface area contributed by atoms with Gasteiger partial charge in [0, 0.05) is 44.0 Å². The second-order valence-corrected chi connectivity index (χ2v) is 5.46. The molecule has 0 unspecified atom stereocenters. The number of nitrogens with two attached hydrogens (primary N) is 1. The SMILES string of the molecule is CCN(CC)C(=O)c1ccc2c(c1)CCN2CC(=CF)CN. The predicted molar refractivity (Wildman–Crippen MR) is 87.9 cm³/mol. The van der Waals surface area contributed by atoms with Gasteiger partial charge in [-0.25, -0.2) is 4.39 Å². The Morgan fingerprint density at radius 3 is 2.73 bits per heavy atom. The molecule has 1 aliphatic heterocycles. The van der Waals surface area contributed by atoms with Gasteiger partial charge in [0.05, 0.1) is 6.33 Å². The van der Waals surface area contributed by atoms with Crippen molar-refractivity contribution in [3.05, 3.63) is 41.2 Å². The van der Waals surface area contributed by atoms with Gasteiger partial charge in [-0.3, -0.25) is 4.79 Å². The average molecular weight is 305 g/mol. The first kappa shape index (κ1) is 16.5. The molecule has 1 heterocycles. The lowest BCUT2D eigenvalue weighted by atomic mass is 10.1. The van der Waals surface area contributed by atoms with Crippen molar-refractivity contribution in [1.82, 2.24) is 4.90 Å². The van der Waals surface area contributed by atoms with E-state index in [1.54, 1.807) is 0 Å². The molecule has 0 fully saturated rings. The Morgan fingerprint density at radius 1 is 1.41 bits per heavy atom. The molecular weight excluding hydrogens is 281 g/mol. The summed E-state index contributed by atoms with van der Waals surface area (Å²) in [5.41, 5.74) is 9.05. The number of hydrogen-bond acceptors (Lipinski definition) is 3. The van der Waals surface area contributed by atoms with E-state index in [0.29, 0.717) is 31.5 Å². The zero-order valence-corrected chi connectivity index (χ0v) is 13.3. The fraction of sp³-hybridized carbons (Fsp3) is 0.471. The van der Waals surface area contributed by atoms with Gasteiger partial charge in [0.1, 0.15) is 0 Å². The summed E-state index contributed by atoms with van der Waals surface area (Å²) in [5.74, 6) is 0.0672. The molecule has 1 aromatic carbocycles. The van der Waals surface area contributed by atoms with Gasteiger partial charge in [0.15, 0.2) is 0 Å². The summed E-state index contributed by atoms with van der Waals surface area (Å²) in [7, 11) is 0. The number of rotatable bonds is 6. The van der Waals surface area contributed by atoms with Crippen LogP contribution in [0.1, 0.15) is 29.8 Å². The molecule has 1 aliphatic rings. The van der Waals surface area contributed by atoms with Crippen molar-refractivity contribution in [2.45, 2.75) is 20.3 Å². The van der Waals surface area contributed by atoms with Crippen molar-refractivity contribution >= 4 is 11.6 Å². The fourth-order valence-corrected chi connectivity index (χ4v) is 2.85. The van der Waals surface area contributed by atoms with Crippen LogP contribution in [0.3, 0.4) is 0 Å². The third-order valence-electron chi connectivity index (χ3n) is 4.18. The van der Waals surface area contributed by atoms with Crippen LogP contribution in [0.2, 0.25) is 0 Å². The van der Waals surface area contributed by atoms with E-state index in [4.69, 9.17) is 5.73 Å². The maximum Gasteiger partial charge on any atom is 0.253 e. The molecule has 1 amide bonds. The number of benzene rings is 1. The Kier molecular flexibility index (Phi) is 5.55. The van der Waals surface area contributed by atoms with Crippen molar-refractivity contribution < 1.29 is 9.18 Å². The summed E-state index contributed by atoms with van der Waals surface area (Å²) >= 11 is 0. The molecule has 0 radical (unpaired) electrons. The first-order valence-corrected chi connectivity index (χ1v) is 7.79. The topological polar surface area (TPSA) is 49.6 Å². The third-order valence-corrected chi connectivity index (χ3v) is 4.18. The zero-order valence-electron chi connectivity index (χ0n) is 13.3. The summed E-state index contributed by atoms with van der Waals surface area (Å²) in [5, 5.41) is 0. The number of amides is 1. The zero-order chi connectivity index (χ0) is 16.1. The number of anilines is 1. The van der Waals surface area contributed by atoms with Crippen molar-refractivity contribution in [3.63, 3.8) is 0 Å². The molecule has 2 rings (SSSR count). The summed E-state index contributed by atoms with van der Waals surface area (Å²) in [6.07, 6.45) is 1.47. The Morgan fingerprint density at radius 2 is 2.14 bits per heavy atom. The highest BCUT2D eigenvalue weighted by Gasteiger charge is 2.22. The smallest absolute Gasteiger partial charge is 0.253 e. The third kappa shape index (κ3) is 3.30. The number of halogens is 1. The molecule has 5 heteroatoms. The van der Waals surface area contributed by atoms with Gasteiger partial charge in [0.2, 0.25) is 0 Å². The van der Waals surface area contributed by atoms with Crippen LogP contribution in [0.15, 0.2) is 30.1 Å². The van der Waals surface area contributed by atoms with Gasteiger partial charge in [-0.1, -0.05) is 0 Å². The second kappa shape index (κ2) is 7.40. The van der Waals surface area contributed by atoms with Crippen LogP contribution in [0.5, 0.6) is 0 Å². The molecule has 2 N–H and O–H groups in total. The van der Waals surface area contributed by atoms with E-state index in [1.165, 1.54) is 0 Å². The van der Waals surface area contributed by atoms with E-state index >= 15 is 0 Å². The van der Waals surface area contributed by atoms with Gasteiger partial charge < -0.3 is 15.5 Å². The highest BCUT2D eigenvalue weighted by molar-refractivity contribution is 5.95. The molecule has 0 atom stereocenters. The van der Waals surface area contributed by atoms with Crippen LogP contribution in [0, 0.1) is 0 Å². The fourth-order valence-electron chi connectivity index (χ4n) is 2.85. The average Bonchev–Trinajstić information content (AvgIpc) is 2.95. The molecule has 0 saturated heterocycles. The van der Waals surface area contributed by atoms with Crippen LogP contribution in [0.4, 0.5) is 10.1 Å². The van der Waals surface area contributed by atoms with Gasteiger partial charge >= 0.3 is 0 Å². The minimum absolute atomic E-state index is 0.0672. The summed E-state index contributed by atoms with van der Waals surface area (Å²) < 4.78 is 12.7. The van der Waals surface area contributed by atoms with Crippen LogP contribution in [-0.2, 0) is 6.42 Å². The lowest BCUT2D eigenvalue weighted by Gasteiger charge is -2.21. The molecule has 0 bridgehead atoms. The molecule has 22 heavy (non-hydrogen) atoms. The number of fused-ring (bicyclic) bond motifs is 1. The van der Waals surface area contributed by atoms with Crippen molar-refractivity contribution in [1.29, 1.82) is 0 Å². The number of hydrogen-bond donors (Lipinski definition) is 1. The quantitative estimate of drug-likeness (QED) is 0.877. The first-order valence-electron chi connectivity index (χ1n) is 7.79. The minimum atomic E-state index is 0.0672. The molecule has 0 saturated carbocycles. The molecule has 0 aliphatic carbocycles. The molecule has 4 nitrogen and oxygen atoms in total. The Labute approximate surface area is 131 Å². The molecule has 120 valence electrons. The summed E-state index contributed by atoms with van der Waals surface area (Å²) in [6, 6.07) is 5.79. The van der Waals surface area contributed by atoms with E-state index in [9.17, 15) is 9.18 Å². The Hall–Kier alpha value is -1.88. The van der Waals surface area contributed by atoms with Crippen LogP contribution in [-0.4, -0.2) is 43.5 Å². The largest absolute Gasteiger partial charge is 0.367 e. The highest BCUT2D eigenvalue weighted by Crippen LogP contribution is 2.29.